The molecule has 2 aromatic carbocycles. The zero-order chi connectivity index (χ0) is 17.5. The molecule has 0 radical (unpaired) electrons. The third-order valence-corrected chi connectivity index (χ3v) is 4.21. The van der Waals surface area contributed by atoms with Gasteiger partial charge in [-0.2, -0.15) is 0 Å². The molecule has 0 bridgehead atoms. The Morgan fingerprint density at radius 3 is 2.29 bits per heavy atom. The summed E-state index contributed by atoms with van der Waals surface area (Å²) in [5, 5.41) is 3.05. The van der Waals surface area contributed by atoms with Crippen molar-refractivity contribution in [3.63, 3.8) is 0 Å². The van der Waals surface area contributed by atoms with Gasteiger partial charge in [-0.25, -0.2) is 0 Å². The van der Waals surface area contributed by atoms with E-state index < -0.39 is 0 Å². The molecule has 0 spiro atoms. The van der Waals surface area contributed by atoms with Crippen LogP contribution >= 0.6 is 0 Å². The van der Waals surface area contributed by atoms with E-state index in [2.05, 4.69) is 17.4 Å². The average molecular weight is 327 g/mol. The quantitative estimate of drug-likeness (QED) is 0.817. The van der Waals surface area contributed by atoms with Crippen LogP contribution in [0.15, 0.2) is 42.5 Å². The van der Waals surface area contributed by atoms with Crippen LogP contribution in [0.25, 0.3) is 0 Å². The molecule has 0 saturated heterocycles. The van der Waals surface area contributed by atoms with Crippen LogP contribution in [0, 0.1) is 13.8 Å². The van der Waals surface area contributed by atoms with Crippen LogP contribution in [-0.4, -0.2) is 33.2 Å². The second-order valence-corrected chi connectivity index (χ2v) is 6.30. The Morgan fingerprint density at radius 1 is 1.08 bits per heavy atom. The van der Waals surface area contributed by atoms with Crippen molar-refractivity contribution in [2.45, 2.75) is 20.3 Å². The molecule has 128 valence electrons. The zero-order valence-electron chi connectivity index (χ0n) is 15.0. The van der Waals surface area contributed by atoms with Gasteiger partial charge in [-0.1, -0.05) is 30.3 Å². The molecule has 0 aliphatic rings. The van der Waals surface area contributed by atoms with Gasteiger partial charge in [0.2, 0.25) is 0 Å². The zero-order valence-corrected chi connectivity index (χ0v) is 15.0. The number of hydrogen-bond donors (Lipinski definition) is 2. The largest absolute Gasteiger partial charge is 0.497 e. The Balaban J connectivity index is 1.83. The van der Waals surface area contributed by atoms with E-state index in [-0.39, 0.29) is 5.91 Å². The fourth-order valence-electron chi connectivity index (χ4n) is 2.71. The number of methoxy groups -OCH3 is 1. The minimum absolute atomic E-state index is 0.0552. The van der Waals surface area contributed by atoms with E-state index in [9.17, 15) is 4.79 Å². The first-order chi connectivity index (χ1) is 11.5. The predicted octanol–water partition coefficient (Wildman–Crippen LogP) is 2.01. The molecule has 0 aliphatic carbocycles. The van der Waals surface area contributed by atoms with E-state index in [1.165, 1.54) is 10.5 Å². The number of benzene rings is 2. The van der Waals surface area contributed by atoms with Crippen molar-refractivity contribution in [2.24, 2.45) is 0 Å². The normalized spacial score (nSPS) is 11.8. The number of quaternary nitrogens is 1. The van der Waals surface area contributed by atoms with E-state index in [1.807, 2.05) is 51.2 Å². The van der Waals surface area contributed by atoms with Gasteiger partial charge in [0.1, 0.15) is 5.75 Å². The van der Waals surface area contributed by atoms with Gasteiger partial charge >= 0.3 is 0 Å². The predicted molar refractivity (Wildman–Crippen MR) is 97.9 cm³/mol. The first-order valence-corrected chi connectivity index (χ1v) is 8.30. The molecule has 1 atom stereocenters. The molecule has 2 N–H and O–H groups in total. The van der Waals surface area contributed by atoms with Crippen molar-refractivity contribution in [1.82, 2.24) is 0 Å². The van der Waals surface area contributed by atoms with Crippen LogP contribution in [0.4, 0.5) is 5.69 Å². The van der Waals surface area contributed by atoms with Gasteiger partial charge in [-0.3, -0.25) is 4.79 Å². The Bertz CT molecular complexity index is 660. The summed E-state index contributed by atoms with van der Waals surface area (Å²) in [7, 11) is 3.72. The molecule has 0 heterocycles. The van der Waals surface area contributed by atoms with Crippen LogP contribution in [0.5, 0.6) is 5.75 Å². The van der Waals surface area contributed by atoms with Crippen molar-refractivity contribution >= 4 is 11.6 Å². The molecule has 4 heteroatoms. The van der Waals surface area contributed by atoms with Crippen LogP contribution in [0.2, 0.25) is 0 Å². The summed E-state index contributed by atoms with van der Waals surface area (Å²) in [6.45, 7) is 5.40. The average Bonchev–Trinajstić information content (AvgIpc) is 2.57. The number of hydrogen-bond acceptors (Lipinski definition) is 2. The maximum atomic E-state index is 12.3. The summed E-state index contributed by atoms with van der Waals surface area (Å²) in [4.78, 5) is 13.5. The lowest BCUT2D eigenvalue weighted by molar-refractivity contribution is -0.870. The summed E-state index contributed by atoms with van der Waals surface area (Å²) in [6, 6.07) is 14.1. The summed E-state index contributed by atoms with van der Waals surface area (Å²) < 4.78 is 5.17. The lowest BCUT2D eigenvalue weighted by atomic mass is 10.1. The van der Waals surface area contributed by atoms with Gasteiger partial charge in [0.15, 0.2) is 6.54 Å². The lowest BCUT2D eigenvalue weighted by Gasteiger charge is -2.16. The SMILES string of the molecule is COc1ccc(CC[NH+](C)CC(=O)Nc2c(C)cccc2C)cc1. The molecule has 0 fully saturated rings. The van der Waals surface area contributed by atoms with Gasteiger partial charge in [-0.05, 0) is 42.7 Å². The van der Waals surface area contributed by atoms with Crippen LogP contribution in [0.1, 0.15) is 16.7 Å². The van der Waals surface area contributed by atoms with Crippen LogP contribution in [0.3, 0.4) is 0 Å². The third-order valence-electron chi connectivity index (χ3n) is 4.21. The van der Waals surface area contributed by atoms with E-state index in [4.69, 9.17) is 4.74 Å². The summed E-state index contributed by atoms with van der Waals surface area (Å²) >= 11 is 0. The second kappa shape index (κ2) is 8.50. The Hall–Kier alpha value is -2.33. The number of carbonyl (C=O) groups excluding carboxylic acids is 1. The van der Waals surface area contributed by atoms with Crippen molar-refractivity contribution in [3.8, 4) is 5.75 Å². The molecule has 0 saturated carbocycles. The monoisotopic (exact) mass is 327 g/mol. The van der Waals surface area contributed by atoms with Gasteiger partial charge in [0.05, 0.1) is 20.7 Å². The number of carbonyl (C=O) groups is 1. The van der Waals surface area contributed by atoms with Crippen molar-refractivity contribution in [2.75, 3.05) is 32.6 Å². The molecule has 24 heavy (non-hydrogen) atoms. The first kappa shape index (κ1) is 18.0. The molecular formula is C20H27N2O2+. The number of para-hydroxylation sites is 1. The van der Waals surface area contributed by atoms with E-state index in [0.717, 1.165) is 35.5 Å². The highest BCUT2D eigenvalue weighted by molar-refractivity contribution is 5.93. The van der Waals surface area contributed by atoms with E-state index in [1.54, 1.807) is 7.11 Å². The summed E-state index contributed by atoms with van der Waals surface area (Å²) in [5.74, 6) is 0.923. The number of amides is 1. The minimum Gasteiger partial charge on any atom is -0.497 e. The maximum absolute atomic E-state index is 12.3. The maximum Gasteiger partial charge on any atom is 0.279 e. The van der Waals surface area contributed by atoms with Crippen molar-refractivity contribution in [1.29, 1.82) is 0 Å². The number of anilines is 1. The molecule has 2 rings (SSSR count). The fraction of sp³-hybridized carbons (Fsp3) is 0.350. The third kappa shape index (κ3) is 5.10. The van der Waals surface area contributed by atoms with Crippen LogP contribution in [-0.2, 0) is 11.2 Å². The second-order valence-electron chi connectivity index (χ2n) is 6.30. The standard InChI is InChI=1S/C20H26N2O2/c1-15-6-5-7-16(2)20(15)21-19(23)14-22(3)13-12-17-8-10-18(24-4)11-9-17/h5-11H,12-14H2,1-4H3,(H,21,23)/p+1. The lowest BCUT2D eigenvalue weighted by Crippen LogP contribution is -3.10. The Morgan fingerprint density at radius 2 is 1.71 bits per heavy atom. The summed E-state index contributed by atoms with van der Waals surface area (Å²) in [6.07, 6.45) is 0.937. The number of likely N-dealkylation sites (N-methyl/N-ethyl adjacent to an activating group) is 1. The van der Waals surface area contributed by atoms with E-state index >= 15 is 0 Å². The number of rotatable bonds is 7. The van der Waals surface area contributed by atoms with Gasteiger partial charge in [0.25, 0.3) is 5.91 Å². The smallest absolute Gasteiger partial charge is 0.279 e. The highest BCUT2D eigenvalue weighted by Gasteiger charge is 2.12. The molecule has 0 aromatic heterocycles. The van der Waals surface area contributed by atoms with E-state index in [0.29, 0.717) is 6.54 Å². The van der Waals surface area contributed by atoms with Gasteiger partial charge < -0.3 is 15.0 Å². The van der Waals surface area contributed by atoms with Crippen molar-refractivity contribution < 1.29 is 14.4 Å². The molecule has 1 amide bonds. The highest BCUT2D eigenvalue weighted by atomic mass is 16.5. The van der Waals surface area contributed by atoms with Crippen LogP contribution < -0.4 is 15.0 Å². The van der Waals surface area contributed by atoms with Gasteiger partial charge in [-0.15, -0.1) is 0 Å². The summed E-state index contributed by atoms with van der Waals surface area (Å²) in [5.41, 5.74) is 4.38. The molecule has 0 aliphatic heterocycles. The Labute approximate surface area is 144 Å². The molecule has 1 unspecified atom stereocenters. The molecule has 2 aromatic rings. The number of nitrogens with one attached hydrogen (secondary N) is 2. The number of aryl methyl sites for hydroxylation is 2. The number of ether oxygens (including phenoxy) is 1. The Kier molecular flexibility index (Phi) is 6.38. The topological polar surface area (TPSA) is 42.8 Å². The molecule has 4 nitrogen and oxygen atoms in total. The molecular weight excluding hydrogens is 300 g/mol. The highest BCUT2D eigenvalue weighted by Crippen LogP contribution is 2.18. The van der Waals surface area contributed by atoms with Crippen molar-refractivity contribution in [3.05, 3.63) is 59.2 Å². The fourth-order valence-corrected chi connectivity index (χ4v) is 2.71. The first-order valence-electron chi connectivity index (χ1n) is 8.30. The van der Waals surface area contributed by atoms with Gasteiger partial charge in [0, 0.05) is 12.1 Å². The minimum atomic E-state index is 0.0552.